The van der Waals surface area contributed by atoms with Crippen molar-refractivity contribution in [2.24, 2.45) is 0 Å². The standard InChI is InChI=1S/Nb.H2O.5O/h;1H2;;;;;. The zero-order chi connectivity index (χ0) is 5.45. The molecule has 0 aromatic rings. The van der Waals surface area contributed by atoms with Crippen LogP contribution in [0.2, 0.25) is 0 Å². The van der Waals surface area contributed by atoms with Gasteiger partial charge in [0.25, 0.3) is 0 Å². The van der Waals surface area contributed by atoms with Crippen LogP contribution in [0, 0.1) is 0 Å². The summed E-state index contributed by atoms with van der Waals surface area (Å²) in [7, 11) is 0. The zero-order valence-corrected chi connectivity index (χ0v) is 5.19. The maximum absolute atomic E-state index is 8.66. The third-order valence-electron chi connectivity index (χ3n) is 0. The summed E-state index contributed by atoms with van der Waals surface area (Å²) < 4.78 is 43.3. The first-order chi connectivity index (χ1) is 2.24. The zero-order valence-electron chi connectivity index (χ0n) is 2.99. The molecule has 0 atom stereocenters. The Balaban J connectivity index is 0. The molecule has 0 amide bonds. The van der Waals surface area contributed by atoms with Gasteiger partial charge in [0.15, 0.2) is 0 Å². The van der Waals surface area contributed by atoms with Gasteiger partial charge < -0.3 is 5.48 Å². The van der Waals surface area contributed by atoms with Crippen molar-refractivity contribution >= 4 is 0 Å². The van der Waals surface area contributed by atoms with E-state index in [1.165, 1.54) is 0 Å². The van der Waals surface area contributed by atoms with E-state index in [2.05, 4.69) is 0 Å². The molecule has 0 heterocycles. The molecule has 0 unspecified atom stereocenters. The van der Waals surface area contributed by atoms with Crippen molar-refractivity contribution in [2.75, 3.05) is 0 Å². The molecule has 43 valence electrons. The van der Waals surface area contributed by atoms with Crippen LogP contribution in [0.15, 0.2) is 0 Å². The Bertz CT molecular complexity index is 274. The normalized spacial score (nSPS) is 8.57. The van der Waals surface area contributed by atoms with Gasteiger partial charge in [-0.2, -0.15) is 0 Å². The van der Waals surface area contributed by atoms with Gasteiger partial charge in [0.05, 0.1) is 0 Å². The van der Waals surface area contributed by atoms with E-state index in [0.29, 0.717) is 0 Å². The molecule has 0 aliphatic carbocycles. The molecular weight excluding hydrogens is 189 g/mol. The molecule has 0 fully saturated rings. The van der Waals surface area contributed by atoms with Gasteiger partial charge in [-0.25, -0.2) is 0 Å². The fourth-order valence-corrected chi connectivity index (χ4v) is 0. The van der Waals surface area contributed by atoms with Crippen molar-refractivity contribution < 1.29 is 37.4 Å². The first-order valence-corrected chi connectivity index (χ1v) is 5.40. The van der Waals surface area contributed by atoms with Crippen LogP contribution in [0.1, 0.15) is 0 Å². The Labute approximate surface area is 38.1 Å². The summed E-state index contributed by atoms with van der Waals surface area (Å²) in [5.41, 5.74) is 0. The SMILES string of the molecule is O.[O]=[Nb](=[O])(=[O])(=[O])=[O]. The third kappa shape index (κ3) is 869. The van der Waals surface area contributed by atoms with Gasteiger partial charge in [-0.15, -0.1) is 0 Å². The molecular formula is H2NbO6. The van der Waals surface area contributed by atoms with Gasteiger partial charge in [0.2, 0.25) is 0 Å². The molecule has 7 heteroatoms. The average Bonchev–Trinajstić information content (AvgIpc) is 0.650. The van der Waals surface area contributed by atoms with Crippen molar-refractivity contribution in [3.05, 3.63) is 0 Å². The number of hydrogen-bond acceptors (Lipinski definition) is 5. The van der Waals surface area contributed by atoms with E-state index in [1.54, 1.807) is 0 Å². The van der Waals surface area contributed by atoms with E-state index in [4.69, 9.17) is 16.3 Å². The Morgan fingerprint density at radius 2 is 0.714 bits per heavy atom. The van der Waals surface area contributed by atoms with Gasteiger partial charge in [-0.3, -0.25) is 0 Å². The van der Waals surface area contributed by atoms with Crippen molar-refractivity contribution in [3.63, 3.8) is 0 Å². The molecule has 0 aliphatic rings. The van der Waals surface area contributed by atoms with Gasteiger partial charge in [-0.1, -0.05) is 0 Å². The van der Waals surface area contributed by atoms with Crippen LogP contribution >= 0.6 is 0 Å². The van der Waals surface area contributed by atoms with E-state index in [0.717, 1.165) is 0 Å². The van der Waals surface area contributed by atoms with E-state index in [1.807, 2.05) is 0 Å². The molecule has 0 radical (unpaired) electrons. The Kier molecular flexibility index (Phi) is 1.88. The molecule has 7 heavy (non-hydrogen) atoms. The minimum absolute atomic E-state index is 0. The molecule has 0 saturated heterocycles. The molecule has 0 bridgehead atoms. The van der Waals surface area contributed by atoms with E-state index < -0.39 is 15.7 Å². The summed E-state index contributed by atoms with van der Waals surface area (Å²) >= 11 is -7.94. The number of hydrogen-bond donors (Lipinski definition) is 0. The van der Waals surface area contributed by atoms with Crippen LogP contribution in [0.5, 0.6) is 0 Å². The molecule has 0 aliphatic heterocycles. The molecule has 0 aromatic carbocycles. The fraction of sp³-hybridized carbons (Fsp3) is 0. The summed E-state index contributed by atoms with van der Waals surface area (Å²) in [5, 5.41) is 0. The Morgan fingerprint density at radius 1 is 0.714 bits per heavy atom. The van der Waals surface area contributed by atoms with Crippen molar-refractivity contribution in [1.82, 2.24) is 0 Å². The molecule has 6 nitrogen and oxygen atoms in total. The minimum atomic E-state index is -7.94. The van der Waals surface area contributed by atoms with E-state index >= 15 is 0 Å². The summed E-state index contributed by atoms with van der Waals surface area (Å²) in [6.07, 6.45) is 0. The molecule has 2 N–H and O–H groups in total. The number of rotatable bonds is 0. The van der Waals surface area contributed by atoms with Crippen LogP contribution < -0.4 is 0 Å². The van der Waals surface area contributed by atoms with Crippen molar-refractivity contribution in [2.45, 2.75) is 0 Å². The van der Waals surface area contributed by atoms with Crippen LogP contribution in [0.25, 0.3) is 0 Å². The predicted molar refractivity (Wildman–Crippen MR) is 7.05 cm³/mol. The third-order valence-corrected chi connectivity index (χ3v) is 0. The van der Waals surface area contributed by atoms with Gasteiger partial charge in [0.1, 0.15) is 0 Å². The first kappa shape index (κ1) is 9.85. The second-order valence-electron chi connectivity index (χ2n) is 0.745. The van der Waals surface area contributed by atoms with E-state index in [-0.39, 0.29) is 5.48 Å². The monoisotopic (exact) mass is 191 g/mol. The Morgan fingerprint density at radius 3 is 0.714 bits per heavy atom. The summed E-state index contributed by atoms with van der Waals surface area (Å²) in [6, 6.07) is 0. The quantitative estimate of drug-likeness (QED) is 0.435. The molecule has 0 rings (SSSR count). The average molecular weight is 191 g/mol. The van der Waals surface area contributed by atoms with Crippen molar-refractivity contribution in [3.8, 4) is 0 Å². The maximum atomic E-state index is 8.66. The molecule has 0 aromatic heterocycles. The van der Waals surface area contributed by atoms with Crippen LogP contribution in [0.3, 0.4) is 0 Å². The van der Waals surface area contributed by atoms with Crippen molar-refractivity contribution in [1.29, 1.82) is 0 Å². The van der Waals surface area contributed by atoms with Crippen LogP contribution in [-0.4, -0.2) is 5.48 Å². The fourth-order valence-electron chi connectivity index (χ4n) is 0. The van der Waals surface area contributed by atoms with Crippen LogP contribution in [0.4, 0.5) is 0 Å². The summed E-state index contributed by atoms with van der Waals surface area (Å²) in [5.74, 6) is 0. The molecule has 0 spiro atoms. The molecule has 0 saturated carbocycles. The topological polar surface area (TPSA) is 117 Å². The van der Waals surface area contributed by atoms with Crippen LogP contribution in [-0.2, 0) is 31.9 Å². The van der Waals surface area contributed by atoms with Gasteiger partial charge in [0, 0.05) is 0 Å². The van der Waals surface area contributed by atoms with Gasteiger partial charge in [-0.05, 0) is 0 Å². The summed E-state index contributed by atoms with van der Waals surface area (Å²) in [6.45, 7) is 0. The van der Waals surface area contributed by atoms with Gasteiger partial charge >= 0.3 is 31.9 Å². The Hall–Kier alpha value is -0.300. The van der Waals surface area contributed by atoms with E-state index in [9.17, 15) is 0 Å². The second-order valence-corrected chi connectivity index (χ2v) is 4.41. The predicted octanol–water partition coefficient (Wildman–Crippen LogP) is -1.42. The summed E-state index contributed by atoms with van der Waals surface area (Å²) in [4.78, 5) is 0. The first-order valence-electron chi connectivity index (χ1n) is 0.913. The second kappa shape index (κ2) is 1.34.